The molecule has 1 atom stereocenters. The third-order valence-corrected chi connectivity index (χ3v) is 4.04. The fourth-order valence-electron chi connectivity index (χ4n) is 1.93. The van der Waals surface area contributed by atoms with Crippen LogP contribution in [0.25, 0.3) is 0 Å². The van der Waals surface area contributed by atoms with Gasteiger partial charge in [-0.1, -0.05) is 12.1 Å². The van der Waals surface area contributed by atoms with Crippen LogP contribution < -0.4 is 10.6 Å². The van der Waals surface area contributed by atoms with Gasteiger partial charge < -0.3 is 10.6 Å². The predicted molar refractivity (Wildman–Crippen MR) is 87.7 cm³/mol. The van der Waals surface area contributed by atoms with Crippen LogP contribution in [0.15, 0.2) is 53.4 Å². The lowest BCUT2D eigenvalue weighted by atomic mass is 10.2. The fourth-order valence-corrected chi connectivity index (χ4v) is 2.45. The lowest BCUT2D eigenvalue weighted by Gasteiger charge is -2.14. The minimum Gasteiger partial charge on any atom is -0.375 e. The third-order valence-electron chi connectivity index (χ3n) is 3.10. The number of rotatable bonds is 5. The summed E-state index contributed by atoms with van der Waals surface area (Å²) in [4.78, 5) is 12.8. The van der Waals surface area contributed by atoms with Gasteiger partial charge in [0, 0.05) is 27.5 Å². The van der Waals surface area contributed by atoms with Crippen LogP contribution in [-0.2, 0) is 10.8 Å². The van der Waals surface area contributed by atoms with E-state index >= 15 is 0 Å². The molecule has 0 spiro atoms. The number of para-hydroxylation sites is 2. The van der Waals surface area contributed by atoms with Crippen LogP contribution in [-0.4, -0.2) is 29.1 Å². The zero-order valence-corrected chi connectivity index (χ0v) is 13.5. The number of carbonyl (C=O) groups excluding carboxylic acids is 1. The Morgan fingerprint density at radius 1 is 1.04 bits per heavy atom. The maximum absolute atomic E-state index is 12.3. The van der Waals surface area contributed by atoms with Crippen LogP contribution in [0.5, 0.6) is 0 Å². The number of carbonyl (C=O) groups is 1. The Balaban J connectivity index is 2.12. The summed E-state index contributed by atoms with van der Waals surface area (Å²) < 4.78 is 48.3. The molecule has 1 amide bonds. The lowest BCUT2D eigenvalue weighted by Crippen LogP contribution is -2.22. The first-order valence-electron chi connectivity index (χ1n) is 6.91. The first kappa shape index (κ1) is 18.0. The topological polar surface area (TPSA) is 58.2 Å². The van der Waals surface area contributed by atoms with Gasteiger partial charge in [-0.3, -0.25) is 9.00 Å². The van der Waals surface area contributed by atoms with Gasteiger partial charge in [-0.25, -0.2) is 0 Å². The van der Waals surface area contributed by atoms with Crippen LogP contribution in [0.2, 0.25) is 0 Å². The minimum atomic E-state index is -4.36. The van der Waals surface area contributed by atoms with Crippen molar-refractivity contribution in [1.29, 1.82) is 0 Å². The Morgan fingerprint density at radius 2 is 1.62 bits per heavy atom. The van der Waals surface area contributed by atoms with Gasteiger partial charge in [0.25, 0.3) is 5.91 Å². The zero-order chi connectivity index (χ0) is 17.7. The van der Waals surface area contributed by atoms with Crippen molar-refractivity contribution in [1.82, 2.24) is 0 Å². The minimum absolute atomic E-state index is 0.175. The van der Waals surface area contributed by atoms with Crippen LogP contribution >= 0.6 is 0 Å². The molecule has 0 aliphatic carbocycles. The molecule has 0 aliphatic rings. The smallest absolute Gasteiger partial charge is 0.375 e. The molecule has 0 saturated carbocycles. The van der Waals surface area contributed by atoms with Gasteiger partial charge in [0.15, 0.2) is 0 Å². The number of nitrogens with one attached hydrogen (secondary N) is 2. The van der Waals surface area contributed by atoms with E-state index in [1.807, 2.05) is 0 Å². The van der Waals surface area contributed by atoms with Crippen molar-refractivity contribution in [3.05, 3.63) is 54.1 Å². The second-order valence-electron chi connectivity index (χ2n) is 4.95. The molecule has 2 aromatic carbocycles. The van der Waals surface area contributed by atoms with Crippen LogP contribution in [0, 0.1) is 0 Å². The summed E-state index contributed by atoms with van der Waals surface area (Å²) >= 11 is 0. The molecule has 2 rings (SSSR count). The molecular formula is C16H15F3N2O2S. The summed E-state index contributed by atoms with van der Waals surface area (Å²) in [6.45, 7) is -1.20. The average molecular weight is 356 g/mol. The molecule has 0 saturated heterocycles. The number of halogens is 3. The van der Waals surface area contributed by atoms with Crippen molar-refractivity contribution in [2.45, 2.75) is 11.1 Å². The largest absolute Gasteiger partial charge is 0.405 e. The number of hydrogen-bond acceptors (Lipinski definition) is 3. The molecule has 24 heavy (non-hydrogen) atoms. The fraction of sp³-hybridized carbons (Fsp3) is 0.188. The Morgan fingerprint density at radius 3 is 2.17 bits per heavy atom. The highest BCUT2D eigenvalue weighted by atomic mass is 32.2. The molecule has 8 heteroatoms. The standard InChI is InChI=1S/C16H15F3N2O2S/c1-24(23)12-8-6-11(7-9-12)15(22)21-14-5-3-2-4-13(14)20-10-16(17,18)19/h2-9,20H,10H2,1H3,(H,21,22)/t24-/m1/s1. The monoisotopic (exact) mass is 356 g/mol. The number of anilines is 2. The van der Waals surface area contributed by atoms with Gasteiger partial charge in [-0.2, -0.15) is 13.2 Å². The van der Waals surface area contributed by atoms with Crippen LogP contribution in [0.4, 0.5) is 24.5 Å². The molecule has 0 aromatic heterocycles. The van der Waals surface area contributed by atoms with Crippen molar-refractivity contribution < 1.29 is 22.2 Å². The normalized spacial score (nSPS) is 12.5. The molecule has 0 radical (unpaired) electrons. The molecule has 0 aliphatic heterocycles. The SMILES string of the molecule is C[S@@](=O)c1ccc(C(=O)Nc2ccccc2NCC(F)(F)F)cc1. The second kappa shape index (κ2) is 7.48. The number of hydrogen-bond donors (Lipinski definition) is 2. The zero-order valence-electron chi connectivity index (χ0n) is 12.7. The lowest BCUT2D eigenvalue weighted by molar-refractivity contribution is -0.115. The second-order valence-corrected chi connectivity index (χ2v) is 6.33. The molecular weight excluding hydrogens is 341 g/mol. The molecule has 4 nitrogen and oxygen atoms in total. The van der Waals surface area contributed by atoms with Crippen LogP contribution in [0.1, 0.15) is 10.4 Å². The summed E-state index contributed by atoms with van der Waals surface area (Å²) in [6, 6.07) is 12.3. The molecule has 128 valence electrons. The van der Waals surface area contributed by atoms with E-state index in [2.05, 4.69) is 10.6 Å². The maximum Gasteiger partial charge on any atom is 0.405 e. The van der Waals surface area contributed by atoms with Crippen molar-refractivity contribution in [2.75, 3.05) is 23.4 Å². The van der Waals surface area contributed by atoms with Gasteiger partial charge >= 0.3 is 6.18 Å². The first-order valence-corrected chi connectivity index (χ1v) is 8.46. The highest BCUT2D eigenvalue weighted by Crippen LogP contribution is 2.24. The molecule has 2 aromatic rings. The van der Waals surface area contributed by atoms with Gasteiger partial charge in [0.05, 0.1) is 11.4 Å². The summed E-state index contributed by atoms with van der Waals surface area (Å²) in [6.07, 6.45) is -2.83. The van der Waals surface area contributed by atoms with Crippen molar-refractivity contribution in [3.63, 3.8) is 0 Å². The van der Waals surface area contributed by atoms with E-state index in [4.69, 9.17) is 0 Å². The summed E-state index contributed by atoms with van der Waals surface area (Å²) in [5.41, 5.74) is 0.735. The molecule has 0 bridgehead atoms. The number of benzene rings is 2. The first-order chi connectivity index (χ1) is 11.3. The Bertz CT molecular complexity index is 746. The molecule has 2 N–H and O–H groups in total. The summed E-state index contributed by atoms with van der Waals surface area (Å²) in [5.74, 6) is -0.468. The maximum atomic E-state index is 12.3. The van der Waals surface area contributed by atoms with Gasteiger partial charge in [-0.05, 0) is 36.4 Å². The quantitative estimate of drug-likeness (QED) is 0.860. The Kier molecular flexibility index (Phi) is 5.61. The average Bonchev–Trinajstić information content (AvgIpc) is 2.53. The van der Waals surface area contributed by atoms with Gasteiger partial charge in [0.2, 0.25) is 0 Å². The highest BCUT2D eigenvalue weighted by molar-refractivity contribution is 7.84. The van der Waals surface area contributed by atoms with Crippen LogP contribution in [0.3, 0.4) is 0 Å². The third kappa shape index (κ3) is 5.09. The van der Waals surface area contributed by atoms with Crippen molar-refractivity contribution in [3.8, 4) is 0 Å². The number of alkyl halides is 3. The predicted octanol–water partition coefficient (Wildman–Crippen LogP) is 3.65. The molecule has 0 heterocycles. The van der Waals surface area contributed by atoms with E-state index in [1.54, 1.807) is 24.3 Å². The summed E-state index contributed by atoms with van der Waals surface area (Å²) in [7, 11) is -1.15. The Labute approximate surface area is 139 Å². The van der Waals surface area contributed by atoms with Gasteiger partial charge in [0.1, 0.15) is 6.54 Å². The van der Waals surface area contributed by atoms with E-state index in [0.717, 1.165) is 0 Å². The summed E-state index contributed by atoms with van der Waals surface area (Å²) in [5, 5.41) is 4.82. The van der Waals surface area contributed by atoms with E-state index in [9.17, 15) is 22.2 Å². The highest BCUT2D eigenvalue weighted by Gasteiger charge is 2.27. The number of amides is 1. The van der Waals surface area contributed by atoms with Crippen molar-refractivity contribution in [2.24, 2.45) is 0 Å². The van der Waals surface area contributed by atoms with E-state index < -0.39 is 29.4 Å². The van der Waals surface area contributed by atoms with E-state index in [0.29, 0.717) is 10.5 Å². The Hall–Kier alpha value is -2.35. The van der Waals surface area contributed by atoms with Crippen molar-refractivity contribution >= 4 is 28.1 Å². The van der Waals surface area contributed by atoms with E-state index in [-0.39, 0.29) is 11.4 Å². The molecule has 0 unspecified atom stereocenters. The van der Waals surface area contributed by atoms with Gasteiger partial charge in [-0.15, -0.1) is 0 Å². The van der Waals surface area contributed by atoms with E-state index in [1.165, 1.54) is 30.5 Å². The molecule has 0 fully saturated rings.